The van der Waals surface area contributed by atoms with Crippen molar-refractivity contribution in [3.8, 4) is 0 Å². The third-order valence-corrected chi connectivity index (χ3v) is 2.97. The van der Waals surface area contributed by atoms with Crippen LogP contribution in [0.5, 0.6) is 0 Å². The number of rotatable bonds is 2. The van der Waals surface area contributed by atoms with Gasteiger partial charge < -0.3 is 0 Å². The van der Waals surface area contributed by atoms with Crippen LogP contribution < -0.4 is 0 Å². The average Bonchev–Trinajstić information content (AvgIpc) is 2.32. The van der Waals surface area contributed by atoms with E-state index in [9.17, 15) is 14.9 Å². The number of para-hydroxylation sites is 1. The lowest BCUT2D eigenvalue weighted by Gasteiger charge is -2.16. The van der Waals surface area contributed by atoms with E-state index in [1.165, 1.54) is 6.07 Å². The molecule has 0 amide bonds. The van der Waals surface area contributed by atoms with Gasteiger partial charge in [-0.3, -0.25) is 14.9 Å². The van der Waals surface area contributed by atoms with Crippen LogP contribution >= 0.6 is 0 Å². The first-order valence-corrected chi connectivity index (χ1v) is 5.58. The summed E-state index contributed by atoms with van der Waals surface area (Å²) < 4.78 is 0. The van der Waals surface area contributed by atoms with Crippen molar-refractivity contribution in [2.75, 3.05) is 0 Å². The molecule has 2 rings (SSSR count). The van der Waals surface area contributed by atoms with Gasteiger partial charge in [-0.25, -0.2) is 0 Å². The van der Waals surface area contributed by atoms with Crippen molar-refractivity contribution in [1.29, 1.82) is 0 Å². The van der Waals surface area contributed by atoms with E-state index in [0.717, 1.165) is 6.42 Å². The summed E-state index contributed by atoms with van der Waals surface area (Å²) in [7, 11) is 0. The van der Waals surface area contributed by atoms with E-state index in [4.69, 9.17) is 0 Å². The number of nitro benzene ring substituents is 1. The maximum absolute atomic E-state index is 11.8. The van der Waals surface area contributed by atoms with Gasteiger partial charge in [0, 0.05) is 18.1 Å². The minimum Gasteiger partial charge on any atom is -0.294 e. The number of carbonyl (C=O) groups is 1. The molecule has 0 saturated carbocycles. The number of nitrogens with zero attached hydrogens (tertiary/aromatic N) is 1. The van der Waals surface area contributed by atoms with Crippen molar-refractivity contribution in [2.45, 2.75) is 19.8 Å². The van der Waals surface area contributed by atoms with Crippen molar-refractivity contribution in [2.24, 2.45) is 5.92 Å². The Balaban J connectivity index is 2.53. The van der Waals surface area contributed by atoms with Crippen LogP contribution in [0, 0.1) is 16.0 Å². The zero-order valence-corrected chi connectivity index (χ0v) is 9.55. The lowest BCUT2D eigenvalue weighted by atomic mass is 9.86. The molecule has 0 fully saturated rings. The Morgan fingerprint density at radius 3 is 2.76 bits per heavy atom. The Labute approximate surface area is 99.1 Å². The highest BCUT2D eigenvalue weighted by molar-refractivity contribution is 6.22. The molecule has 4 heteroatoms. The molecule has 88 valence electrons. The molecule has 1 aromatic carbocycles. The van der Waals surface area contributed by atoms with Crippen LogP contribution in [-0.2, 0) is 4.79 Å². The number of carbonyl (C=O) groups excluding carboxylic acids is 1. The second-order valence-electron chi connectivity index (χ2n) is 4.29. The Hall–Kier alpha value is -1.97. The van der Waals surface area contributed by atoms with E-state index >= 15 is 0 Å². The minimum atomic E-state index is -0.442. The first-order chi connectivity index (χ1) is 8.09. The molecule has 0 saturated heterocycles. The molecular formula is C13H13NO3. The van der Waals surface area contributed by atoms with Gasteiger partial charge in [0.1, 0.15) is 0 Å². The first kappa shape index (κ1) is 11.5. The maximum atomic E-state index is 11.8. The summed E-state index contributed by atoms with van der Waals surface area (Å²) in [5.41, 5.74) is 0.936. The minimum absolute atomic E-state index is 0.00111. The van der Waals surface area contributed by atoms with E-state index in [-0.39, 0.29) is 11.5 Å². The third-order valence-electron chi connectivity index (χ3n) is 2.97. The maximum Gasteiger partial charge on any atom is 0.277 e. The molecular weight excluding hydrogens is 218 g/mol. The SMILES string of the molecule is CC1C=C(c2ccccc2[N+](=O)[O-])C(=O)CC1. The van der Waals surface area contributed by atoms with Gasteiger partial charge in [-0.2, -0.15) is 0 Å². The summed E-state index contributed by atoms with van der Waals surface area (Å²) in [6, 6.07) is 6.40. The fraction of sp³-hybridized carbons (Fsp3) is 0.308. The average molecular weight is 231 g/mol. The Morgan fingerprint density at radius 1 is 1.35 bits per heavy atom. The van der Waals surface area contributed by atoms with Crippen LogP contribution in [0.3, 0.4) is 0 Å². The molecule has 4 nitrogen and oxygen atoms in total. The highest BCUT2D eigenvalue weighted by Crippen LogP contribution is 2.32. The van der Waals surface area contributed by atoms with Gasteiger partial charge in [-0.05, 0) is 18.4 Å². The molecule has 0 bridgehead atoms. The topological polar surface area (TPSA) is 60.2 Å². The highest BCUT2D eigenvalue weighted by atomic mass is 16.6. The monoisotopic (exact) mass is 231 g/mol. The van der Waals surface area contributed by atoms with Gasteiger partial charge in [0.05, 0.1) is 10.5 Å². The molecule has 0 N–H and O–H groups in total. The number of hydrogen-bond donors (Lipinski definition) is 0. The van der Waals surface area contributed by atoms with Gasteiger partial charge in [-0.1, -0.05) is 25.1 Å². The van der Waals surface area contributed by atoms with Gasteiger partial charge in [-0.15, -0.1) is 0 Å². The first-order valence-electron chi connectivity index (χ1n) is 5.58. The number of allylic oxidation sites excluding steroid dienone is 2. The summed E-state index contributed by atoms with van der Waals surface area (Å²) in [5, 5.41) is 10.9. The Morgan fingerprint density at radius 2 is 2.06 bits per heavy atom. The molecule has 0 radical (unpaired) electrons. The third kappa shape index (κ3) is 2.25. The number of nitro groups is 1. The normalized spacial score (nSPS) is 19.9. The van der Waals surface area contributed by atoms with Gasteiger partial charge >= 0.3 is 0 Å². The fourth-order valence-electron chi connectivity index (χ4n) is 2.05. The van der Waals surface area contributed by atoms with Crippen molar-refractivity contribution in [3.63, 3.8) is 0 Å². The van der Waals surface area contributed by atoms with Crippen molar-refractivity contribution >= 4 is 17.0 Å². The number of ketones is 1. The van der Waals surface area contributed by atoms with Gasteiger partial charge in [0.15, 0.2) is 5.78 Å². The predicted octanol–water partition coefficient (Wildman–Crippen LogP) is 2.98. The molecule has 0 spiro atoms. The zero-order valence-electron chi connectivity index (χ0n) is 9.55. The Bertz CT molecular complexity index is 505. The van der Waals surface area contributed by atoms with Crippen LogP contribution in [-0.4, -0.2) is 10.7 Å². The van der Waals surface area contributed by atoms with Crippen LogP contribution in [0.25, 0.3) is 5.57 Å². The van der Waals surface area contributed by atoms with Crippen molar-refractivity contribution in [3.05, 3.63) is 46.0 Å². The quantitative estimate of drug-likeness (QED) is 0.580. The fourth-order valence-corrected chi connectivity index (χ4v) is 2.05. The number of hydrogen-bond acceptors (Lipinski definition) is 3. The van der Waals surface area contributed by atoms with Crippen LogP contribution in [0.4, 0.5) is 5.69 Å². The van der Waals surface area contributed by atoms with E-state index < -0.39 is 4.92 Å². The second kappa shape index (κ2) is 4.49. The van der Waals surface area contributed by atoms with Gasteiger partial charge in [0.25, 0.3) is 5.69 Å². The lowest BCUT2D eigenvalue weighted by molar-refractivity contribution is -0.385. The van der Waals surface area contributed by atoms with Crippen LogP contribution in [0.1, 0.15) is 25.3 Å². The summed E-state index contributed by atoms with van der Waals surface area (Å²) in [5.74, 6) is 0.292. The highest BCUT2D eigenvalue weighted by Gasteiger charge is 2.24. The number of benzene rings is 1. The summed E-state index contributed by atoms with van der Waals surface area (Å²) in [6.45, 7) is 2.02. The molecule has 17 heavy (non-hydrogen) atoms. The lowest BCUT2D eigenvalue weighted by Crippen LogP contribution is -2.12. The smallest absolute Gasteiger partial charge is 0.277 e. The molecule has 1 atom stereocenters. The van der Waals surface area contributed by atoms with Crippen molar-refractivity contribution in [1.82, 2.24) is 0 Å². The van der Waals surface area contributed by atoms with E-state index in [1.54, 1.807) is 18.2 Å². The largest absolute Gasteiger partial charge is 0.294 e. The zero-order chi connectivity index (χ0) is 12.4. The molecule has 0 heterocycles. The summed E-state index contributed by atoms with van der Waals surface area (Å²) in [4.78, 5) is 22.3. The molecule has 1 aromatic rings. The molecule has 1 aliphatic carbocycles. The van der Waals surface area contributed by atoms with Crippen molar-refractivity contribution < 1.29 is 9.72 Å². The van der Waals surface area contributed by atoms with Gasteiger partial charge in [0.2, 0.25) is 0 Å². The van der Waals surface area contributed by atoms with E-state index in [0.29, 0.717) is 23.5 Å². The number of Topliss-reactive ketones (excluding diaryl/α,β-unsaturated/α-hetero) is 1. The summed E-state index contributed by atoms with van der Waals surface area (Å²) in [6.07, 6.45) is 3.14. The molecule has 0 aliphatic heterocycles. The molecule has 1 aliphatic rings. The van der Waals surface area contributed by atoms with E-state index in [2.05, 4.69) is 0 Å². The van der Waals surface area contributed by atoms with E-state index in [1.807, 2.05) is 13.0 Å². The standard InChI is InChI=1S/C13H13NO3/c1-9-6-7-13(15)11(8-9)10-4-2-3-5-12(10)14(16)17/h2-5,8-9H,6-7H2,1H3. The molecule has 1 unspecified atom stereocenters. The second-order valence-corrected chi connectivity index (χ2v) is 4.29. The van der Waals surface area contributed by atoms with Crippen LogP contribution in [0.15, 0.2) is 30.3 Å². The molecule has 0 aromatic heterocycles. The summed E-state index contributed by atoms with van der Waals surface area (Å²) >= 11 is 0. The predicted molar refractivity (Wildman–Crippen MR) is 64.5 cm³/mol. The Kier molecular flexibility index (Phi) is 3.04. The van der Waals surface area contributed by atoms with Crippen LogP contribution in [0.2, 0.25) is 0 Å².